The minimum Gasteiger partial charge on any atom is -0.486 e. The third kappa shape index (κ3) is 3.28. The number of benzene rings is 1. The van der Waals surface area contributed by atoms with E-state index in [9.17, 15) is 4.79 Å². The van der Waals surface area contributed by atoms with Gasteiger partial charge in [0.25, 0.3) is 0 Å². The van der Waals surface area contributed by atoms with E-state index in [-0.39, 0.29) is 18.8 Å². The number of carbonyl (C=O) groups is 1. The highest BCUT2D eigenvalue weighted by Crippen LogP contribution is 2.11. The fourth-order valence-corrected chi connectivity index (χ4v) is 0.938. The molecule has 3 heteroatoms. The second kappa shape index (κ2) is 5.03. The monoisotopic (exact) mass is 189 g/mol. The Morgan fingerprint density at radius 3 is 2.64 bits per heavy atom. The van der Waals surface area contributed by atoms with Gasteiger partial charge in [0.05, 0.1) is 12.5 Å². The van der Waals surface area contributed by atoms with Crippen LogP contribution < -0.4 is 4.74 Å². The fraction of sp³-hybridized carbons (Fsp3) is 0.273. The number of aryl methyl sites for hydroxylation is 1. The number of hydrogen-bond donors (Lipinski definition) is 0. The molecule has 0 amide bonds. The Morgan fingerprint density at radius 1 is 1.43 bits per heavy atom. The molecule has 1 aromatic carbocycles. The van der Waals surface area contributed by atoms with E-state index in [0.29, 0.717) is 5.75 Å². The molecule has 0 radical (unpaired) electrons. The molecule has 0 aliphatic heterocycles. The molecule has 0 aromatic heterocycles. The lowest BCUT2D eigenvalue weighted by Gasteiger charge is -2.03. The molecule has 1 aromatic rings. The summed E-state index contributed by atoms with van der Waals surface area (Å²) >= 11 is 0. The van der Waals surface area contributed by atoms with Crippen LogP contribution in [0.25, 0.3) is 0 Å². The van der Waals surface area contributed by atoms with Crippen molar-refractivity contribution >= 4 is 5.78 Å². The molecule has 0 aliphatic rings. The van der Waals surface area contributed by atoms with Crippen molar-refractivity contribution in [2.45, 2.75) is 13.3 Å². The van der Waals surface area contributed by atoms with E-state index in [2.05, 4.69) is 0 Å². The molecule has 0 saturated heterocycles. The van der Waals surface area contributed by atoms with Gasteiger partial charge in [-0.15, -0.1) is 0 Å². The Bertz CT molecular complexity index is 349. The zero-order valence-electron chi connectivity index (χ0n) is 7.99. The smallest absolute Gasteiger partial charge is 0.184 e. The number of nitrogens with zero attached hydrogens (tertiary/aromatic N) is 1. The van der Waals surface area contributed by atoms with Crippen molar-refractivity contribution in [2.75, 3.05) is 6.61 Å². The molecule has 14 heavy (non-hydrogen) atoms. The summed E-state index contributed by atoms with van der Waals surface area (Å²) in [5.41, 5.74) is 1.14. The van der Waals surface area contributed by atoms with Gasteiger partial charge in [0.1, 0.15) is 12.4 Å². The van der Waals surface area contributed by atoms with Gasteiger partial charge in [0.15, 0.2) is 5.78 Å². The molecule has 0 bridgehead atoms. The fourth-order valence-electron chi connectivity index (χ4n) is 0.938. The van der Waals surface area contributed by atoms with Crippen LogP contribution in [0.2, 0.25) is 0 Å². The number of ether oxygens (including phenoxy) is 1. The van der Waals surface area contributed by atoms with E-state index < -0.39 is 0 Å². The van der Waals surface area contributed by atoms with Crippen molar-refractivity contribution in [2.24, 2.45) is 0 Å². The summed E-state index contributed by atoms with van der Waals surface area (Å²) in [6.45, 7) is 1.95. The van der Waals surface area contributed by atoms with Gasteiger partial charge in [0.2, 0.25) is 0 Å². The second-order valence-corrected chi connectivity index (χ2v) is 2.98. The maximum Gasteiger partial charge on any atom is 0.184 e. The molecular weight excluding hydrogens is 178 g/mol. The third-order valence-electron chi connectivity index (χ3n) is 1.70. The zero-order chi connectivity index (χ0) is 10.4. The van der Waals surface area contributed by atoms with Crippen LogP contribution in [-0.2, 0) is 4.79 Å². The first-order valence-corrected chi connectivity index (χ1v) is 4.30. The molecule has 0 saturated carbocycles. The van der Waals surface area contributed by atoms with E-state index in [0.717, 1.165) is 5.56 Å². The quantitative estimate of drug-likeness (QED) is 0.726. The number of hydrogen-bond acceptors (Lipinski definition) is 3. The lowest BCUT2D eigenvalue weighted by Crippen LogP contribution is -2.09. The van der Waals surface area contributed by atoms with Gasteiger partial charge in [-0.1, -0.05) is 17.7 Å². The van der Waals surface area contributed by atoms with Crippen molar-refractivity contribution in [1.82, 2.24) is 0 Å². The van der Waals surface area contributed by atoms with Gasteiger partial charge < -0.3 is 4.74 Å². The van der Waals surface area contributed by atoms with Gasteiger partial charge >= 0.3 is 0 Å². The lowest BCUT2D eigenvalue weighted by molar-refractivity contribution is -0.120. The molecule has 0 unspecified atom stereocenters. The Labute approximate surface area is 82.9 Å². The lowest BCUT2D eigenvalue weighted by atomic mass is 10.2. The van der Waals surface area contributed by atoms with E-state index in [1.807, 2.05) is 19.1 Å². The molecule has 0 aliphatic carbocycles. The number of ketones is 1. The molecule has 1 rings (SSSR count). The first kappa shape index (κ1) is 10.3. The van der Waals surface area contributed by atoms with Crippen LogP contribution in [0, 0.1) is 18.3 Å². The molecule has 0 fully saturated rings. The Morgan fingerprint density at radius 2 is 2.07 bits per heavy atom. The first-order valence-electron chi connectivity index (χ1n) is 4.30. The van der Waals surface area contributed by atoms with Crippen LogP contribution in [-0.4, -0.2) is 12.4 Å². The highest BCUT2D eigenvalue weighted by molar-refractivity contribution is 5.81. The van der Waals surface area contributed by atoms with Crippen molar-refractivity contribution in [1.29, 1.82) is 5.26 Å². The minimum atomic E-state index is -0.201. The number of rotatable bonds is 4. The maximum absolute atomic E-state index is 10.9. The molecule has 0 N–H and O–H groups in total. The Kier molecular flexibility index (Phi) is 3.69. The SMILES string of the molecule is Cc1ccc(OCC(=O)CC#N)cc1. The van der Waals surface area contributed by atoms with Crippen molar-refractivity contribution in [3.05, 3.63) is 29.8 Å². The van der Waals surface area contributed by atoms with Crippen LogP contribution in [0.5, 0.6) is 5.75 Å². The summed E-state index contributed by atoms with van der Waals surface area (Å²) in [6, 6.07) is 9.20. The van der Waals surface area contributed by atoms with Crippen molar-refractivity contribution in [3.63, 3.8) is 0 Å². The zero-order valence-corrected chi connectivity index (χ0v) is 7.99. The number of nitriles is 1. The third-order valence-corrected chi connectivity index (χ3v) is 1.70. The molecular formula is C11H11NO2. The summed E-state index contributed by atoms with van der Waals surface area (Å²) in [5, 5.41) is 8.24. The molecule has 0 spiro atoms. The second-order valence-electron chi connectivity index (χ2n) is 2.98. The molecule has 72 valence electrons. The summed E-state index contributed by atoms with van der Waals surface area (Å²) in [5.74, 6) is 0.454. The van der Waals surface area contributed by atoms with Crippen molar-refractivity contribution in [3.8, 4) is 11.8 Å². The van der Waals surface area contributed by atoms with E-state index >= 15 is 0 Å². The van der Waals surface area contributed by atoms with Gasteiger partial charge in [-0.2, -0.15) is 5.26 Å². The average Bonchev–Trinajstić information content (AvgIpc) is 2.17. The highest BCUT2D eigenvalue weighted by Gasteiger charge is 2.01. The van der Waals surface area contributed by atoms with E-state index in [1.165, 1.54) is 0 Å². The van der Waals surface area contributed by atoms with Crippen LogP contribution >= 0.6 is 0 Å². The topological polar surface area (TPSA) is 50.1 Å². The largest absolute Gasteiger partial charge is 0.486 e. The van der Waals surface area contributed by atoms with Crippen LogP contribution in [0.4, 0.5) is 0 Å². The average molecular weight is 189 g/mol. The number of Topliss-reactive ketones (excluding diaryl/α,β-unsaturated/α-hetero) is 1. The summed E-state index contributed by atoms with van der Waals surface area (Å²) in [7, 11) is 0. The van der Waals surface area contributed by atoms with Gasteiger partial charge in [0, 0.05) is 0 Å². The predicted molar refractivity (Wildman–Crippen MR) is 51.9 cm³/mol. The van der Waals surface area contributed by atoms with Crippen LogP contribution in [0.15, 0.2) is 24.3 Å². The van der Waals surface area contributed by atoms with Gasteiger partial charge in [-0.05, 0) is 19.1 Å². The standard InChI is InChI=1S/C11H11NO2/c1-9-2-4-11(5-3-9)14-8-10(13)6-7-12/h2-5H,6,8H2,1H3. The van der Waals surface area contributed by atoms with E-state index in [4.69, 9.17) is 10.00 Å². The molecule has 0 heterocycles. The Balaban J connectivity index is 2.43. The first-order chi connectivity index (χ1) is 6.72. The summed E-state index contributed by atoms with van der Waals surface area (Å²) in [6.07, 6.45) is -0.0914. The van der Waals surface area contributed by atoms with Crippen molar-refractivity contribution < 1.29 is 9.53 Å². The number of carbonyl (C=O) groups excluding carboxylic acids is 1. The van der Waals surface area contributed by atoms with Crippen LogP contribution in [0.3, 0.4) is 0 Å². The maximum atomic E-state index is 10.9. The minimum absolute atomic E-state index is 0.0311. The van der Waals surface area contributed by atoms with Gasteiger partial charge in [-0.3, -0.25) is 4.79 Å². The summed E-state index contributed by atoms with van der Waals surface area (Å²) < 4.78 is 5.17. The highest BCUT2D eigenvalue weighted by atomic mass is 16.5. The van der Waals surface area contributed by atoms with E-state index in [1.54, 1.807) is 18.2 Å². The molecule has 0 atom stereocenters. The molecule has 3 nitrogen and oxygen atoms in total. The normalized spacial score (nSPS) is 9.14. The Hall–Kier alpha value is -1.82. The predicted octanol–water partition coefficient (Wildman–Crippen LogP) is 1.86. The van der Waals surface area contributed by atoms with Crippen LogP contribution in [0.1, 0.15) is 12.0 Å². The van der Waals surface area contributed by atoms with Gasteiger partial charge in [-0.25, -0.2) is 0 Å². The summed E-state index contributed by atoms with van der Waals surface area (Å²) in [4.78, 5) is 10.9.